The van der Waals surface area contributed by atoms with Gasteiger partial charge in [0.1, 0.15) is 5.82 Å². The van der Waals surface area contributed by atoms with Crippen molar-refractivity contribution in [3.63, 3.8) is 0 Å². The first-order valence-electron chi connectivity index (χ1n) is 8.90. The molecule has 3 rings (SSSR count). The Bertz CT molecular complexity index is 598. The molecule has 1 saturated heterocycles. The third-order valence-corrected chi connectivity index (χ3v) is 5.07. The fraction of sp³-hybridized carbons (Fsp3) is 0.706. The molecule has 0 radical (unpaired) electrons. The van der Waals surface area contributed by atoms with Crippen LogP contribution in [0.5, 0.6) is 0 Å². The third-order valence-electron chi connectivity index (χ3n) is 5.07. The molecule has 2 fully saturated rings. The highest BCUT2D eigenvalue weighted by molar-refractivity contribution is 5.88. The predicted molar refractivity (Wildman–Crippen MR) is 91.7 cm³/mol. The summed E-state index contributed by atoms with van der Waals surface area (Å²) in [6, 6.07) is 1.73. The Morgan fingerprint density at radius 3 is 2.29 bits per heavy atom. The van der Waals surface area contributed by atoms with Gasteiger partial charge < -0.3 is 9.80 Å². The Balaban J connectivity index is 1.50. The first kappa shape index (κ1) is 16.8. The van der Waals surface area contributed by atoms with Crippen molar-refractivity contribution in [1.82, 2.24) is 19.6 Å². The summed E-state index contributed by atoms with van der Waals surface area (Å²) in [5.74, 6) is 1.19. The number of aromatic nitrogens is 2. The molecule has 1 aliphatic carbocycles. The molecular formula is C17H27N5O2. The molecule has 1 aliphatic heterocycles. The first-order chi connectivity index (χ1) is 11.5. The third kappa shape index (κ3) is 3.71. The van der Waals surface area contributed by atoms with E-state index < -0.39 is 0 Å². The van der Waals surface area contributed by atoms with Crippen LogP contribution in [0.4, 0.5) is 10.6 Å². The number of nitrogens with one attached hydrogen (secondary N) is 1. The predicted octanol–water partition coefficient (Wildman–Crippen LogP) is 1.98. The van der Waals surface area contributed by atoms with Gasteiger partial charge in [-0.05, 0) is 19.8 Å². The number of amides is 3. The van der Waals surface area contributed by atoms with Gasteiger partial charge in [0.2, 0.25) is 5.91 Å². The molecular weight excluding hydrogens is 306 g/mol. The van der Waals surface area contributed by atoms with Crippen LogP contribution in [0.3, 0.4) is 0 Å². The molecule has 2 heterocycles. The van der Waals surface area contributed by atoms with Crippen molar-refractivity contribution >= 4 is 17.8 Å². The van der Waals surface area contributed by atoms with Gasteiger partial charge in [-0.2, -0.15) is 5.10 Å². The van der Waals surface area contributed by atoms with E-state index in [2.05, 4.69) is 10.4 Å². The second-order valence-electron chi connectivity index (χ2n) is 6.87. The van der Waals surface area contributed by atoms with Crippen LogP contribution in [-0.2, 0) is 11.8 Å². The number of aryl methyl sites for hydroxylation is 2. The SMILES string of the molecule is Cc1cc(NC(=O)N2CCN(C(=O)C3CCCCC3)CC2)n(C)n1. The number of hydrogen-bond donors (Lipinski definition) is 1. The van der Waals surface area contributed by atoms with Gasteiger partial charge in [0, 0.05) is 45.2 Å². The largest absolute Gasteiger partial charge is 0.339 e. The zero-order valence-corrected chi connectivity index (χ0v) is 14.6. The topological polar surface area (TPSA) is 70.5 Å². The number of anilines is 1. The van der Waals surface area contributed by atoms with Crippen molar-refractivity contribution in [2.24, 2.45) is 13.0 Å². The second-order valence-corrected chi connectivity index (χ2v) is 6.87. The normalized spacial score (nSPS) is 19.4. The molecule has 3 amide bonds. The van der Waals surface area contributed by atoms with Crippen molar-refractivity contribution in [1.29, 1.82) is 0 Å². The summed E-state index contributed by atoms with van der Waals surface area (Å²) < 4.78 is 1.66. The van der Waals surface area contributed by atoms with Crippen molar-refractivity contribution in [3.05, 3.63) is 11.8 Å². The van der Waals surface area contributed by atoms with Crippen molar-refractivity contribution in [3.8, 4) is 0 Å². The van der Waals surface area contributed by atoms with Crippen LogP contribution < -0.4 is 5.32 Å². The molecule has 1 aromatic rings. The Morgan fingerprint density at radius 2 is 1.71 bits per heavy atom. The summed E-state index contributed by atoms with van der Waals surface area (Å²) in [5.41, 5.74) is 0.871. The second kappa shape index (κ2) is 7.23. The highest BCUT2D eigenvalue weighted by Crippen LogP contribution is 2.25. The van der Waals surface area contributed by atoms with Crippen LogP contribution in [0, 0.1) is 12.8 Å². The molecule has 24 heavy (non-hydrogen) atoms. The molecule has 7 nitrogen and oxygen atoms in total. The zero-order valence-electron chi connectivity index (χ0n) is 14.6. The smallest absolute Gasteiger partial charge is 0.323 e. The Labute approximate surface area is 143 Å². The monoisotopic (exact) mass is 333 g/mol. The lowest BCUT2D eigenvalue weighted by Crippen LogP contribution is -2.53. The van der Waals surface area contributed by atoms with Crippen LogP contribution in [0.25, 0.3) is 0 Å². The summed E-state index contributed by atoms with van der Waals surface area (Å²) >= 11 is 0. The number of hydrogen-bond acceptors (Lipinski definition) is 3. The van der Waals surface area contributed by atoms with E-state index in [1.165, 1.54) is 19.3 Å². The first-order valence-corrected chi connectivity index (χ1v) is 8.90. The molecule has 2 aliphatic rings. The van der Waals surface area contributed by atoms with Gasteiger partial charge in [-0.15, -0.1) is 0 Å². The van der Waals surface area contributed by atoms with E-state index >= 15 is 0 Å². The van der Waals surface area contributed by atoms with Gasteiger partial charge in [0.25, 0.3) is 0 Å². The van der Waals surface area contributed by atoms with Crippen LogP contribution >= 0.6 is 0 Å². The highest BCUT2D eigenvalue weighted by Gasteiger charge is 2.29. The van der Waals surface area contributed by atoms with E-state index in [1.54, 1.807) is 9.58 Å². The van der Waals surface area contributed by atoms with Gasteiger partial charge in [0.15, 0.2) is 0 Å². The van der Waals surface area contributed by atoms with Crippen LogP contribution in [0.1, 0.15) is 37.8 Å². The molecule has 7 heteroatoms. The zero-order chi connectivity index (χ0) is 17.1. The molecule has 0 bridgehead atoms. The van der Waals surface area contributed by atoms with E-state index in [0.717, 1.165) is 18.5 Å². The van der Waals surface area contributed by atoms with Crippen molar-refractivity contribution in [2.75, 3.05) is 31.5 Å². The van der Waals surface area contributed by atoms with E-state index in [9.17, 15) is 9.59 Å². The van der Waals surface area contributed by atoms with E-state index in [-0.39, 0.29) is 17.9 Å². The maximum atomic E-state index is 12.6. The fourth-order valence-corrected chi connectivity index (χ4v) is 3.65. The van der Waals surface area contributed by atoms with Gasteiger partial charge in [-0.25, -0.2) is 4.79 Å². The molecule has 0 spiro atoms. The summed E-state index contributed by atoms with van der Waals surface area (Å²) in [6.07, 6.45) is 5.65. The minimum absolute atomic E-state index is 0.122. The molecule has 132 valence electrons. The Kier molecular flexibility index (Phi) is 5.06. The van der Waals surface area contributed by atoms with Gasteiger partial charge in [-0.3, -0.25) is 14.8 Å². The maximum absolute atomic E-state index is 12.6. The van der Waals surface area contributed by atoms with Gasteiger partial charge >= 0.3 is 6.03 Å². The molecule has 0 unspecified atom stereocenters. The molecule has 0 aromatic carbocycles. The van der Waals surface area contributed by atoms with E-state index in [4.69, 9.17) is 0 Å². The Hall–Kier alpha value is -2.05. The lowest BCUT2D eigenvalue weighted by molar-refractivity contribution is -0.138. The van der Waals surface area contributed by atoms with Crippen molar-refractivity contribution in [2.45, 2.75) is 39.0 Å². The number of rotatable bonds is 2. The van der Waals surface area contributed by atoms with Gasteiger partial charge in [0.05, 0.1) is 5.69 Å². The summed E-state index contributed by atoms with van der Waals surface area (Å²) in [5, 5.41) is 7.12. The number of piperazine rings is 1. The minimum atomic E-state index is -0.122. The number of urea groups is 1. The highest BCUT2D eigenvalue weighted by atomic mass is 16.2. The summed E-state index contributed by atoms with van der Waals surface area (Å²) in [4.78, 5) is 28.7. The average Bonchev–Trinajstić information content (AvgIpc) is 2.92. The van der Waals surface area contributed by atoms with Crippen LogP contribution in [0.2, 0.25) is 0 Å². The van der Waals surface area contributed by atoms with Gasteiger partial charge in [-0.1, -0.05) is 19.3 Å². The summed E-state index contributed by atoms with van der Waals surface area (Å²) in [7, 11) is 1.81. The molecule has 1 N–H and O–H groups in total. The minimum Gasteiger partial charge on any atom is -0.339 e. The van der Waals surface area contributed by atoms with Crippen LogP contribution in [0.15, 0.2) is 6.07 Å². The molecule has 1 saturated carbocycles. The maximum Gasteiger partial charge on any atom is 0.323 e. The number of carbonyl (C=O) groups is 2. The lowest BCUT2D eigenvalue weighted by atomic mass is 9.88. The fourth-order valence-electron chi connectivity index (χ4n) is 3.65. The molecule has 1 aromatic heterocycles. The quantitative estimate of drug-likeness (QED) is 0.900. The molecule has 0 atom stereocenters. The number of nitrogens with zero attached hydrogens (tertiary/aromatic N) is 4. The lowest BCUT2D eigenvalue weighted by Gasteiger charge is -2.37. The number of carbonyl (C=O) groups excluding carboxylic acids is 2. The summed E-state index contributed by atoms with van der Waals surface area (Å²) in [6.45, 7) is 4.33. The van der Waals surface area contributed by atoms with Crippen LogP contribution in [-0.4, -0.2) is 57.7 Å². The van der Waals surface area contributed by atoms with E-state index in [1.807, 2.05) is 24.9 Å². The average molecular weight is 333 g/mol. The van der Waals surface area contributed by atoms with E-state index in [0.29, 0.717) is 32.0 Å². The Morgan fingerprint density at radius 1 is 1.08 bits per heavy atom. The standard InChI is InChI=1S/C17H27N5O2/c1-13-12-15(20(2)19-13)18-17(24)22-10-8-21(9-11-22)16(23)14-6-4-3-5-7-14/h12,14H,3-11H2,1-2H3,(H,18,24). The van der Waals surface area contributed by atoms with Crippen molar-refractivity contribution < 1.29 is 9.59 Å².